The van der Waals surface area contributed by atoms with Gasteiger partial charge in [0.2, 0.25) is 0 Å². The molecule has 0 bridgehead atoms. The number of alkyl halides is 1. The van der Waals surface area contributed by atoms with Crippen LogP contribution in [0.4, 0.5) is 0 Å². The molecule has 52 valence electrons. The smallest absolute Gasteiger partial charge is 0.0376 e. The van der Waals surface area contributed by atoms with E-state index in [9.17, 15) is 0 Å². The van der Waals surface area contributed by atoms with Crippen molar-refractivity contribution in [2.75, 3.05) is 20.0 Å². The van der Waals surface area contributed by atoms with Crippen LogP contribution in [0.5, 0.6) is 0 Å². The SMILES string of the molecule is C[C@H](CCl)N(C)C.Cl. The zero-order valence-electron chi connectivity index (χ0n) is 5.52. The Hall–Kier alpha value is 0.540. The Kier molecular flexibility index (Phi) is 8.05. The van der Waals surface area contributed by atoms with Crippen molar-refractivity contribution in [1.82, 2.24) is 4.90 Å². The lowest BCUT2D eigenvalue weighted by atomic mass is 10.4. The normalized spacial score (nSPS) is 13.1. The van der Waals surface area contributed by atoms with Crippen LogP contribution in [-0.4, -0.2) is 30.9 Å². The van der Waals surface area contributed by atoms with Gasteiger partial charge in [-0.05, 0) is 21.0 Å². The lowest BCUT2D eigenvalue weighted by molar-refractivity contribution is 0.338. The van der Waals surface area contributed by atoms with Gasteiger partial charge in [-0.2, -0.15) is 0 Å². The van der Waals surface area contributed by atoms with Crippen molar-refractivity contribution in [3.63, 3.8) is 0 Å². The molecule has 0 aliphatic rings. The van der Waals surface area contributed by atoms with Crippen molar-refractivity contribution in [3.8, 4) is 0 Å². The highest BCUT2D eigenvalue weighted by molar-refractivity contribution is 6.18. The van der Waals surface area contributed by atoms with E-state index in [1.165, 1.54) is 0 Å². The highest BCUT2D eigenvalue weighted by Crippen LogP contribution is 1.91. The molecule has 1 atom stereocenters. The average Bonchev–Trinajstić information content (AvgIpc) is 1.65. The number of rotatable bonds is 2. The van der Waals surface area contributed by atoms with E-state index >= 15 is 0 Å². The molecule has 8 heavy (non-hydrogen) atoms. The van der Waals surface area contributed by atoms with Crippen molar-refractivity contribution in [2.45, 2.75) is 13.0 Å². The summed E-state index contributed by atoms with van der Waals surface area (Å²) >= 11 is 5.51. The highest BCUT2D eigenvalue weighted by Gasteiger charge is 1.98. The first-order valence-corrected chi connectivity index (χ1v) is 2.94. The fourth-order valence-corrected chi connectivity index (χ4v) is 0.414. The van der Waals surface area contributed by atoms with Crippen molar-refractivity contribution in [3.05, 3.63) is 0 Å². The number of hydrogen-bond donors (Lipinski definition) is 0. The van der Waals surface area contributed by atoms with Crippen molar-refractivity contribution >= 4 is 24.0 Å². The topological polar surface area (TPSA) is 3.24 Å². The second kappa shape index (κ2) is 5.67. The molecule has 0 aliphatic heterocycles. The molecule has 3 heteroatoms. The summed E-state index contributed by atoms with van der Waals surface area (Å²) in [5.74, 6) is 0.715. The van der Waals surface area contributed by atoms with E-state index in [1.54, 1.807) is 0 Å². The lowest BCUT2D eigenvalue weighted by Crippen LogP contribution is -2.25. The predicted molar refractivity (Wildman–Crippen MR) is 41.1 cm³/mol. The zero-order valence-corrected chi connectivity index (χ0v) is 7.09. The van der Waals surface area contributed by atoms with Crippen molar-refractivity contribution in [2.24, 2.45) is 0 Å². The summed E-state index contributed by atoms with van der Waals surface area (Å²) < 4.78 is 0. The first-order chi connectivity index (χ1) is 3.18. The van der Waals surface area contributed by atoms with E-state index in [0.29, 0.717) is 11.9 Å². The maximum absolute atomic E-state index is 5.51. The molecular formula is C5H13Cl2N. The van der Waals surface area contributed by atoms with Gasteiger partial charge in [0.15, 0.2) is 0 Å². The van der Waals surface area contributed by atoms with Crippen molar-refractivity contribution in [1.29, 1.82) is 0 Å². The van der Waals surface area contributed by atoms with Gasteiger partial charge in [-0.1, -0.05) is 0 Å². The van der Waals surface area contributed by atoms with Crippen LogP contribution in [0.3, 0.4) is 0 Å². The van der Waals surface area contributed by atoms with E-state index in [1.807, 2.05) is 14.1 Å². The number of nitrogens with zero attached hydrogens (tertiary/aromatic N) is 1. The summed E-state index contributed by atoms with van der Waals surface area (Å²) in [6, 6.07) is 0.502. The average molecular weight is 158 g/mol. The molecule has 0 rings (SSSR count). The Morgan fingerprint density at radius 3 is 1.88 bits per heavy atom. The van der Waals surface area contributed by atoms with Crippen LogP contribution in [0.15, 0.2) is 0 Å². The van der Waals surface area contributed by atoms with E-state index < -0.39 is 0 Å². The van der Waals surface area contributed by atoms with Gasteiger partial charge in [0, 0.05) is 11.9 Å². The molecule has 0 aromatic rings. The molecular weight excluding hydrogens is 145 g/mol. The molecule has 0 amide bonds. The molecule has 0 spiro atoms. The van der Waals surface area contributed by atoms with Gasteiger partial charge >= 0.3 is 0 Å². The Labute approximate surface area is 62.4 Å². The molecule has 0 fully saturated rings. The first-order valence-electron chi connectivity index (χ1n) is 2.41. The Bertz CT molecular complexity index is 47.7. The van der Waals surface area contributed by atoms with Crippen LogP contribution in [0.1, 0.15) is 6.92 Å². The molecule has 0 N–H and O–H groups in total. The van der Waals surface area contributed by atoms with Crippen LogP contribution in [0, 0.1) is 0 Å². The third kappa shape index (κ3) is 4.69. The number of hydrogen-bond acceptors (Lipinski definition) is 1. The summed E-state index contributed by atoms with van der Waals surface area (Å²) in [6.07, 6.45) is 0. The quantitative estimate of drug-likeness (QED) is 0.551. The minimum Gasteiger partial charge on any atom is -0.306 e. The second-order valence-corrected chi connectivity index (χ2v) is 2.28. The third-order valence-electron chi connectivity index (χ3n) is 1.10. The van der Waals surface area contributed by atoms with Gasteiger partial charge in [-0.3, -0.25) is 0 Å². The van der Waals surface area contributed by atoms with E-state index in [4.69, 9.17) is 11.6 Å². The molecule has 0 heterocycles. The standard InChI is InChI=1S/C5H12ClN.ClH/c1-5(4-6)7(2)3;/h5H,4H2,1-3H3;1H/t5-;/m1./s1. The van der Waals surface area contributed by atoms with Gasteiger partial charge in [0.25, 0.3) is 0 Å². The zero-order chi connectivity index (χ0) is 5.86. The summed E-state index contributed by atoms with van der Waals surface area (Å²) in [5, 5.41) is 0. The Morgan fingerprint density at radius 2 is 1.88 bits per heavy atom. The Morgan fingerprint density at radius 1 is 1.50 bits per heavy atom. The van der Waals surface area contributed by atoms with E-state index in [2.05, 4.69) is 11.8 Å². The largest absolute Gasteiger partial charge is 0.306 e. The van der Waals surface area contributed by atoms with Crippen LogP contribution >= 0.6 is 24.0 Å². The molecule has 0 unspecified atom stereocenters. The van der Waals surface area contributed by atoms with Gasteiger partial charge in [0.1, 0.15) is 0 Å². The summed E-state index contributed by atoms with van der Waals surface area (Å²) in [5.41, 5.74) is 0. The maximum Gasteiger partial charge on any atom is 0.0376 e. The summed E-state index contributed by atoms with van der Waals surface area (Å²) in [4.78, 5) is 2.09. The van der Waals surface area contributed by atoms with Crippen molar-refractivity contribution < 1.29 is 0 Å². The third-order valence-corrected chi connectivity index (χ3v) is 1.55. The van der Waals surface area contributed by atoms with Gasteiger partial charge in [-0.25, -0.2) is 0 Å². The minimum absolute atomic E-state index is 0. The van der Waals surface area contributed by atoms with Crippen LogP contribution < -0.4 is 0 Å². The lowest BCUT2D eigenvalue weighted by Gasteiger charge is -2.15. The van der Waals surface area contributed by atoms with Gasteiger partial charge in [-0.15, -0.1) is 24.0 Å². The van der Waals surface area contributed by atoms with E-state index in [-0.39, 0.29) is 12.4 Å². The molecule has 0 saturated carbocycles. The summed E-state index contributed by atoms with van der Waals surface area (Å²) in [7, 11) is 4.04. The molecule has 0 radical (unpaired) electrons. The molecule has 0 aromatic heterocycles. The fourth-order valence-electron chi connectivity index (χ4n) is 0.138. The predicted octanol–water partition coefficient (Wildman–Crippen LogP) is 1.60. The molecule has 0 aromatic carbocycles. The number of halogens is 2. The van der Waals surface area contributed by atoms with E-state index in [0.717, 1.165) is 0 Å². The molecule has 0 saturated heterocycles. The monoisotopic (exact) mass is 157 g/mol. The highest BCUT2D eigenvalue weighted by atomic mass is 35.5. The molecule has 0 aliphatic carbocycles. The first kappa shape index (κ1) is 11.4. The maximum atomic E-state index is 5.51. The van der Waals surface area contributed by atoms with Crippen LogP contribution in [-0.2, 0) is 0 Å². The van der Waals surface area contributed by atoms with Gasteiger partial charge in [0.05, 0.1) is 0 Å². The second-order valence-electron chi connectivity index (χ2n) is 1.97. The molecule has 1 nitrogen and oxygen atoms in total. The Balaban J connectivity index is 0. The van der Waals surface area contributed by atoms with Crippen LogP contribution in [0.25, 0.3) is 0 Å². The van der Waals surface area contributed by atoms with Gasteiger partial charge < -0.3 is 4.90 Å². The fraction of sp³-hybridized carbons (Fsp3) is 1.00. The summed E-state index contributed by atoms with van der Waals surface area (Å²) in [6.45, 7) is 2.09. The van der Waals surface area contributed by atoms with Crippen LogP contribution in [0.2, 0.25) is 0 Å². The minimum atomic E-state index is 0.